The van der Waals surface area contributed by atoms with Crippen molar-refractivity contribution in [3.8, 4) is 17.2 Å². The first-order chi connectivity index (χ1) is 13.0. The molecule has 0 aliphatic rings. The van der Waals surface area contributed by atoms with Crippen LogP contribution in [0.4, 0.5) is 5.69 Å². The number of hydrogen-bond donors (Lipinski definition) is 1. The summed E-state index contributed by atoms with van der Waals surface area (Å²) in [6, 6.07) is 12.8. The summed E-state index contributed by atoms with van der Waals surface area (Å²) in [6.07, 6.45) is 4.19. The number of ether oxygens (including phenoxy) is 3. The van der Waals surface area contributed by atoms with Crippen LogP contribution in [0.3, 0.4) is 0 Å². The summed E-state index contributed by atoms with van der Waals surface area (Å²) in [6.45, 7) is 4.96. The molecule has 2 rings (SSSR count). The molecular formula is C22H27NO4. The van der Waals surface area contributed by atoms with Crippen LogP contribution in [0.25, 0.3) is 6.08 Å². The lowest BCUT2D eigenvalue weighted by Crippen LogP contribution is -2.07. The van der Waals surface area contributed by atoms with E-state index in [9.17, 15) is 4.79 Å². The van der Waals surface area contributed by atoms with Gasteiger partial charge in [0.25, 0.3) is 0 Å². The van der Waals surface area contributed by atoms with Gasteiger partial charge in [0.2, 0.25) is 5.91 Å². The fourth-order valence-corrected chi connectivity index (χ4v) is 2.37. The van der Waals surface area contributed by atoms with E-state index in [-0.39, 0.29) is 5.91 Å². The first-order valence-corrected chi connectivity index (χ1v) is 8.95. The van der Waals surface area contributed by atoms with E-state index < -0.39 is 0 Å². The maximum Gasteiger partial charge on any atom is 0.248 e. The summed E-state index contributed by atoms with van der Waals surface area (Å²) in [5.74, 6) is 2.40. The lowest BCUT2D eigenvalue weighted by Gasteiger charge is -2.12. The van der Waals surface area contributed by atoms with Crippen molar-refractivity contribution in [2.75, 3.05) is 26.1 Å². The molecule has 27 heavy (non-hydrogen) atoms. The molecular weight excluding hydrogens is 342 g/mol. The van der Waals surface area contributed by atoms with E-state index in [1.54, 1.807) is 32.4 Å². The molecule has 2 aromatic carbocycles. The Morgan fingerprint density at radius 1 is 1.07 bits per heavy atom. The molecule has 0 atom stereocenters. The van der Waals surface area contributed by atoms with Gasteiger partial charge in [-0.15, -0.1) is 0 Å². The second kappa shape index (κ2) is 10.3. The highest BCUT2D eigenvalue weighted by atomic mass is 16.5. The van der Waals surface area contributed by atoms with Crippen molar-refractivity contribution < 1.29 is 19.0 Å². The summed E-state index contributed by atoms with van der Waals surface area (Å²) >= 11 is 0. The summed E-state index contributed by atoms with van der Waals surface area (Å²) in [5.41, 5.74) is 1.53. The summed E-state index contributed by atoms with van der Waals surface area (Å²) < 4.78 is 16.3. The lowest BCUT2D eigenvalue weighted by molar-refractivity contribution is -0.111. The number of amides is 1. The van der Waals surface area contributed by atoms with Gasteiger partial charge >= 0.3 is 0 Å². The van der Waals surface area contributed by atoms with Gasteiger partial charge in [0.15, 0.2) is 11.5 Å². The molecule has 0 radical (unpaired) electrons. The fourth-order valence-electron chi connectivity index (χ4n) is 2.37. The number of carbonyl (C=O) groups is 1. The van der Waals surface area contributed by atoms with E-state index in [0.717, 1.165) is 12.0 Å². The Balaban J connectivity index is 1.99. The number of benzene rings is 2. The van der Waals surface area contributed by atoms with E-state index in [4.69, 9.17) is 14.2 Å². The Labute approximate surface area is 161 Å². The van der Waals surface area contributed by atoms with Gasteiger partial charge in [-0.2, -0.15) is 0 Å². The van der Waals surface area contributed by atoms with Crippen molar-refractivity contribution in [3.63, 3.8) is 0 Å². The van der Waals surface area contributed by atoms with Gasteiger partial charge in [0.1, 0.15) is 5.75 Å². The van der Waals surface area contributed by atoms with Crippen LogP contribution in [0.5, 0.6) is 17.2 Å². The Morgan fingerprint density at radius 2 is 1.89 bits per heavy atom. The first-order valence-electron chi connectivity index (χ1n) is 8.95. The summed E-state index contributed by atoms with van der Waals surface area (Å²) in [5, 5.41) is 2.80. The van der Waals surface area contributed by atoms with E-state index in [0.29, 0.717) is 35.5 Å². The molecule has 0 aliphatic carbocycles. The number of rotatable bonds is 9. The lowest BCUT2D eigenvalue weighted by atomic mass is 10.1. The maximum atomic E-state index is 12.1. The average Bonchev–Trinajstić information content (AvgIpc) is 2.66. The van der Waals surface area contributed by atoms with Crippen molar-refractivity contribution in [1.82, 2.24) is 0 Å². The second-order valence-corrected chi connectivity index (χ2v) is 6.50. The van der Waals surface area contributed by atoms with Crippen LogP contribution in [0.2, 0.25) is 0 Å². The molecule has 0 spiro atoms. The average molecular weight is 369 g/mol. The molecule has 1 N–H and O–H groups in total. The van der Waals surface area contributed by atoms with Crippen LogP contribution in [0.1, 0.15) is 25.8 Å². The van der Waals surface area contributed by atoms with Gasteiger partial charge in [-0.3, -0.25) is 4.79 Å². The van der Waals surface area contributed by atoms with Gasteiger partial charge in [0, 0.05) is 17.8 Å². The molecule has 5 heteroatoms. The predicted molar refractivity (Wildman–Crippen MR) is 109 cm³/mol. The maximum absolute atomic E-state index is 12.1. The van der Waals surface area contributed by atoms with Crippen molar-refractivity contribution in [2.45, 2.75) is 20.3 Å². The van der Waals surface area contributed by atoms with Crippen LogP contribution in [-0.2, 0) is 4.79 Å². The standard InChI is InChI=1S/C22H27NO4/c1-16(2)12-13-27-20-10-8-17(14-21(20)26-4)9-11-22(24)23-18-6-5-7-19(15-18)25-3/h5-11,14-16H,12-13H2,1-4H3,(H,23,24)/b11-9+. The van der Waals surface area contributed by atoms with Gasteiger partial charge in [-0.1, -0.05) is 26.0 Å². The zero-order chi connectivity index (χ0) is 19.6. The largest absolute Gasteiger partial charge is 0.497 e. The zero-order valence-corrected chi connectivity index (χ0v) is 16.3. The van der Waals surface area contributed by atoms with Gasteiger partial charge in [0.05, 0.1) is 20.8 Å². The first kappa shape index (κ1) is 20.4. The number of nitrogens with one attached hydrogen (secondary N) is 1. The van der Waals surface area contributed by atoms with Crippen LogP contribution >= 0.6 is 0 Å². The predicted octanol–water partition coefficient (Wildman–Crippen LogP) is 4.78. The smallest absolute Gasteiger partial charge is 0.248 e. The number of hydrogen-bond acceptors (Lipinski definition) is 4. The Hall–Kier alpha value is -2.95. The third-order valence-electron chi connectivity index (χ3n) is 3.90. The number of anilines is 1. The third-order valence-corrected chi connectivity index (χ3v) is 3.90. The minimum Gasteiger partial charge on any atom is -0.497 e. The molecule has 0 unspecified atom stereocenters. The highest BCUT2D eigenvalue weighted by Gasteiger charge is 2.06. The molecule has 144 valence electrons. The normalized spacial score (nSPS) is 10.9. The fraction of sp³-hybridized carbons (Fsp3) is 0.318. The van der Waals surface area contributed by atoms with Crippen LogP contribution < -0.4 is 19.5 Å². The number of methoxy groups -OCH3 is 2. The van der Waals surface area contributed by atoms with Crippen molar-refractivity contribution >= 4 is 17.7 Å². The van der Waals surface area contributed by atoms with Gasteiger partial charge in [-0.05, 0) is 48.2 Å². The topological polar surface area (TPSA) is 56.8 Å². The van der Waals surface area contributed by atoms with E-state index in [1.165, 1.54) is 6.08 Å². The molecule has 0 aliphatic heterocycles. The summed E-state index contributed by atoms with van der Waals surface area (Å²) in [7, 11) is 3.19. The third kappa shape index (κ3) is 6.70. The highest BCUT2D eigenvalue weighted by Crippen LogP contribution is 2.29. The number of carbonyl (C=O) groups excluding carboxylic acids is 1. The quantitative estimate of drug-likeness (QED) is 0.646. The minimum absolute atomic E-state index is 0.223. The molecule has 0 bridgehead atoms. The molecule has 0 heterocycles. The van der Waals surface area contributed by atoms with Crippen LogP contribution in [-0.4, -0.2) is 26.7 Å². The van der Waals surface area contributed by atoms with E-state index in [2.05, 4.69) is 19.2 Å². The molecule has 0 aromatic heterocycles. The SMILES string of the molecule is COc1cccc(NC(=O)/C=C/c2ccc(OCCC(C)C)c(OC)c2)c1. The highest BCUT2D eigenvalue weighted by molar-refractivity contribution is 6.02. The Kier molecular flexibility index (Phi) is 7.74. The second-order valence-electron chi connectivity index (χ2n) is 6.50. The van der Waals surface area contributed by atoms with Crippen LogP contribution in [0.15, 0.2) is 48.5 Å². The zero-order valence-electron chi connectivity index (χ0n) is 16.3. The molecule has 0 saturated heterocycles. The van der Waals surface area contributed by atoms with Crippen molar-refractivity contribution in [2.24, 2.45) is 5.92 Å². The van der Waals surface area contributed by atoms with Gasteiger partial charge < -0.3 is 19.5 Å². The molecule has 2 aromatic rings. The van der Waals surface area contributed by atoms with Crippen molar-refractivity contribution in [3.05, 3.63) is 54.1 Å². The monoisotopic (exact) mass is 369 g/mol. The molecule has 5 nitrogen and oxygen atoms in total. The molecule has 1 amide bonds. The summed E-state index contributed by atoms with van der Waals surface area (Å²) in [4.78, 5) is 12.1. The molecule has 0 fully saturated rings. The van der Waals surface area contributed by atoms with Gasteiger partial charge in [-0.25, -0.2) is 0 Å². The Morgan fingerprint density at radius 3 is 2.59 bits per heavy atom. The van der Waals surface area contributed by atoms with E-state index in [1.807, 2.05) is 30.3 Å². The Bertz CT molecular complexity index is 784. The van der Waals surface area contributed by atoms with E-state index >= 15 is 0 Å². The molecule has 0 saturated carbocycles. The van der Waals surface area contributed by atoms with Crippen molar-refractivity contribution in [1.29, 1.82) is 0 Å². The minimum atomic E-state index is -0.223. The van der Waals surface area contributed by atoms with Crippen LogP contribution in [0, 0.1) is 5.92 Å².